The Morgan fingerprint density at radius 2 is 2.24 bits per heavy atom. The van der Waals surface area contributed by atoms with Gasteiger partial charge in [0, 0.05) is 24.3 Å². The predicted molar refractivity (Wildman–Crippen MR) is 124 cm³/mol. The van der Waals surface area contributed by atoms with Crippen LogP contribution in [0.25, 0.3) is 22.3 Å². The van der Waals surface area contributed by atoms with Gasteiger partial charge in [0.2, 0.25) is 0 Å². The zero-order valence-corrected chi connectivity index (χ0v) is 19.2. The standard InChI is InChI=1S/C22H26FN7O2S/c1-2-32-19(31)8-11-25-21-17(20-16-9-12-30(33-23)22(16)27-14-26-20)13-29(28-21)18(7-10-24)15-5-3-4-6-15/h9,12-15,18H,2-8,11H2,1H3,(H,25,28). The van der Waals surface area contributed by atoms with Crippen LogP contribution in [-0.4, -0.2) is 42.8 Å². The molecule has 3 aromatic heterocycles. The van der Waals surface area contributed by atoms with Gasteiger partial charge in [-0.05, 0) is 31.7 Å². The van der Waals surface area contributed by atoms with Crippen molar-refractivity contribution < 1.29 is 13.4 Å². The van der Waals surface area contributed by atoms with Gasteiger partial charge in [-0.3, -0.25) is 9.48 Å². The molecule has 0 aliphatic heterocycles. The zero-order chi connectivity index (χ0) is 23.2. The van der Waals surface area contributed by atoms with E-state index in [9.17, 15) is 13.9 Å². The Kier molecular flexibility index (Phi) is 7.44. The fraction of sp³-hybridized carbons (Fsp3) is 0.500. The molecule has 1 fully saturated rings. The third kappa shape index (κ3) is 4.95. The van der Waals surface area contributed by atoms with E-state index in [1.807, 2.05) is 10.9 Å². The van der Waals surface area contributed by atoms with Crippen molar-refractivity contribution in [3.05, 3.63) is 24.8 Å². The molecule has 3 heterocycles. The number of esters is 1. The highest BCUT2D eigenvalue weighted by atomic mass is 32.2. The summed E-state index contributed by atoms with van der Waals surface area (Å²) in [6.07, 6.45) is 9.91. The lowest BCUT2D eigenvalue weighted by Crippen LogP contribution is -2.18. The van der Waals surface area contributed by atoms with Crippen LogP contribution in [0.4, 0.5) is 9.70 Å². The first-order valence-corrected chi connectivity index (χ1v) is 11.8. The quantitative estimate of drug-likeness (QED) is 0.424. The van der Waals surface area contributed by atoms with E-state index < -0.39 is 0 Å². The molecule has 1 saturated carbocycles. The zero-order valence-electron chi connectivity index (χ0n) is 18.4. The summed E-state index contributed by atoms with van der Waals surface area (Å²) in [6, 6.07) is 4.03. The van der Waals surface area contributed by atoms with Crippen LogP contribution in [0.2, 0.25) is 0 Å². The van der Waals surface area contributed by atoms with E-state index >= 15 is 0 Å². The number of carbonyl (C=O) groups is 1. The summed E-state index contributed by atoms with van der Waals surface area (Å²) in [5.41, 5.74) is 1.79. The average molecular weight is 472 g/mol. The first-order chi connectivity index (χ1) is 16.2. The van der Waals surface area contributed by atoms with Crippen molar-refractivity contribution in [2.45, 2.75) is 51.5 Å². The summed E-state index contributed by atoms with van der Waals surface area (Å²) in [4.78, 5) is 20.5. The summed E-state index contributed by atoms with van der Waals surface area (Å²) in [7, 11) is 0. The molecule has 1 unspecified atom stereocenters. The SMILES string of the molecule is CCOC(=O)CCNc1nn(C(CC#N)C2CCCC2)cc1-c1ncnc2c1ccn2SF. The number of halogens is 1. The molecule has 0 bridgehead atoms. The van der Waals surface area contributed by atoms with Gasteiger partial charge in [-0.15, -0.1) is 3.89 Å². The van der Waals surface area contributed by atoms with Crippen LogP contribution in [0.5, 0.6) is 0 Å². The summed E-state index contributed by atoms with van der Waals surface area (Å²) in [6.45, 7) is 2.44. The van der Waals surface area contributed by atoms with Gasteiger partial charge in [0.05, 0.1) is 42.8 Å². The van der Waals surface area contributed by atoms with Crippen molar-refractivity contribution in [2.75, 3.05) is 18.5 Å². The monoisotopic (exact) mass is 471 g/mol. The lowest BCUT2D eigenvalue weighted by Gasteiger charge is -2.21. The van der Waals surface area contributed by atoms with Gasteiger partial charge < -0.3 is 10.1 Å². The second kappa shape index (κ2) is 10.7. The van der Waals surface area contributed by atoms with Crippen molar-refractivity contribution in [2.24, 2.45) is 5.92 Å². The molecule has 0 aromatic carbocycles. The Balaban J connectivity index is 1.72. The Morgan fingerprint density at radius 1 is 1.42 bits per heavy atom. The Labute approximate surface area is 195 Å². The first-order valence-electron chi connectivity index (χ1n) is 11.1. The largest absolute Gasteiger partial charge is 0.466 e. The summed E-state index contributed by atoms with van der Waals surface area (Å²) < 4.78 is 21.5. The van der Waals surface area contributed by atoms with E-state index in [2.05, 4.69) is 21.4 Å². The van der Waals surface area contributed by atoms with Crippen LogP contribution in [0.1, 0.15) is 51.5 Å². The van der Waals surface area contributed by atoms with E-state index in [1.54, 1.807) is 19.2 Å². The van der Waals surface area contributed by atoms with Gasteiger partial charge >= 0.3 is 5.97 Å². The number of ether oxygens (including phenoxy) is 1. The second-order valence-corrected chi connectivity index (χ2v) is 8.53. The molecule has 3 aromatic rings. The second-order valence-electron chi connectivity index (χ2n) is 8.00. The minimum absolute atomic E-state index is 0.0415. The number of nitriles is 1. The number of hydrogen-bond acceptors (Lipinski definition) is 8. The lowest BCUT2D eigenvalue weighted by atomic mass is 9.96. The fourth-order valence-electron chi connectivity index (χ4n) is 4.49. The molecule has 1 N–H and O–H groups in total. The predicted octanol–water partition coefficient (Wildman–Crippen LogP) is 4.69. The maximum absolute atomic E-state index is 13.3. The van der Waals surface area contributed by atoms with Crippen LogP contribution >= 0.6 is 12.3 Å². The molecular weight excluding hydrogens is 445 g/mol. The van der Waals surface area contributed by atoms with E-state index in [1.165, 1.54) is 10.3 Å². The van der Waals surface area contributed by atoms with Crippen molar-refractivity contribution in [1.82, 2.24) is 23.7 Å². The van der Waals surface area contributed by atoms with Crippen molar-refractivity contribution in [1.29, 1.82) is 5.26 Å². The van der Waals surface area contributed by atoms with E-state index in [0.717, 1.165) is 25.7 Å². The number of aromatic nitrogens is 5. The Morgan fingerprint density at radius 3 is 2.97 bits per heavy atom. The van der Waals surface area contributed by atoms with Crippen LogP contribution in [0.3, 0.4) is 0 Å². The number of hydrogen-bond donors (Lipinski definition) is 1. The molecule has 33 heavy (non-hydrogen) atoms. The summed E-state index contributed by atoms with van der Waals surface area (Å²) in [5.74, 6) is 0.654. The van der Waals surface area contributed by atoms with Gasteiger partial charge in [-0.2, -0.15) is 10.4 Å². The lowest BCUT2D eigenvalue weighted by molar-refractivity contribution is -0.142. The number of anilines is 1. The summed E-state index contributed by atoms with van der Waals surface area (Å²) >= 11 is 0.0708. The highest BCUT2D eigenvalue weighted by Crippen LogP contribution is 2.39. The average Bonchev–Trinajstić information content (AvgIpc) is 3.57. The van der Waals surface area contributed by atoms with Gasteiger partial charge in [0.15, 0.2) is 23.8 Å². The highest BCUT2D eigenvalue weighted by Gasteiger charge is 2.29. The fourth-order valence-corrected chi connectivity index (χ4v) is 4.81. The van der Waals surface area contributed by atoms with E-state index in [-0.39, 0.29) is 30.8 Å². The maximum Gasteiger partial charge on any atom is 0.307 e. The molecule has 174 valence electrons. The molecular formula is C22H26FN7O2S. The van der Waals surface area contributed by atoms with Crippen molar-refractivity contribution in [3.63, 3.8) is 0 Å². The Bertz CT molecular complexity index is 1150. The molecule has 11 heteroatoms. The number of nitrogens with zero attached hydrogens (tertiary/aromatic N) is 6. The third-order valence-electron chi connectivity index (χ3n) is 6.02. The van der Waals surface area contributed by atoms with Crippen molar-refractivity contribution >= 4 is 35.2 Å². The maximum atomic E-state index is 13.3. The molecule has 4 rings (SSSR count). The Hall–Kier alpha value is -3.13. The number of carbonyl (C=O) groups excluding carboxylic acids is 1. The van der Waals surface area contributed by atoms with Gasteiger partial charge in [-0.25, -0.2) is 13.9 Å². The van der Waals surface area contributed by atoms with Crippen molar-refractivity contribution in [3.8, 4) is 17.3 Å². The van der Waals surface area contributed by atoms with Crippen LogP contribution < -0.4 is 5.32 Å². The molecule has 1 aliphatic rings. The molecule has 1 aliphatic carbocycles. The molecule has 0 spiro atoms. The number of nitrogens with one attached hydrogen (secondary N) is 1. The van der Waals surface area contributed by atoms with Crippen LogP contribution in [-0.2, 0) is 9.53 Å². The van der Waals surface area contributed by atoms with Gasteiger partial charge in [-0.1, -0.05) is 12.8 Å². The molecule has 1 atom stereocenters. The van der Waals surface area contributed by atoms with Crippen LogP contribution in [0, 0.1) is 17.2 Å². The molecule has 9 nitrogen and oxygen atoms in total. The summed E-state index contributed by atoms with van der Waals surface area (Å²) in [5, 5.41) is 18.2. The van der Waals surface area contributed by atoms with E-state index in [0.29, 0.717) is 53.6 Å². The van der Waals surface area contributed by atoms with E-state index in [4.69, 9.17) is 9.84 Å². The minimum Gasteiger partial charge on any atom is -0.466 e. The normalized spacial score (nSPS) is 14.9. The first kappa shape index (κ1) is 23.0. The molecule has 0 saturated heterocycles. The highest BCUT2D eigenvalue weighted by molar-refractivity contribution is 7.92. The minimum atomic E-state index is -0.291. The topological polar surface area (TPSA) is 111 Å². The van der Waals surface area contributed by atoms with Gasteiger partial charge in [0.1, 0.15) is 6.33 Å². The van der Waals surface area contributed by atoms with Crippen LogP contribution in [0.15, 0.2) is 24.8 Å². The third-order valence-corrected chi connectivity index (χ3v) is 6.46. The van der Waals surface area contributed by atoms with Gasteiger partial charge in [0.25, 0.3) is 0 Å². The molecule has 0 radical (unpaired) electrons. The smallest absolute Gasteiger partial charge is 0.307 e. The number of fused-ring (bicyclic) bond motifs is 1. The molecule has 0 amide bonds. The number of rotatable bonds is 10.